The molecule has 5 saturated heterocycles. The number of rotatable bonds is 8. The first kappa shape index (κ1) is 35.3. The van der Waals surface area contributed by atoms with Crippen LogP contribution in [0.2, 0.25) is 0 Å². The van der Waals surface area contributed by atoms with Gasteiger partial charge in [0.25, 0.3) is 5.91 Å². The van der Waals surface area contributed by atoms with Gasteiger partial charge in [0.15, 0.2) is 0 Å². The summed E-state index contributed by atoms with van der Waals surface area (Å²) in [7, 11) is 0. The number of aliphatic hydroxyl groups is 1. The summed E-state index contributed by atoms with van der Waals surface area (Å²) in [6.45, 7) is 7.52. The Balaban J connectivity index is 1.08. The number of fused-ring (bicyclic) bond motifs is 3. The molecule has 2 bridgehead atoms. The lowest BCUT2D eigenvalue weighted by atomic mass is 9.71. The molecule has 6 atom stereocenters. The number of hydrogen-bond acceptors (Lipinski definition) is 7. The molecule has 280 valence electrons. The van der Waals surface area contributed by atoms with Gasteiger partial charge in [-0.3, -0.25) is 23.9 Å². The maximum absolute atomic E-state index is 14.7. The molecule has 5 aliphatic heterocycles. The Hall–Kier alpha value is -3.77. The third-order valence-corrected chi connectivity index (χ3v) is 13.4. The molecule has 2 N–H and O–H groups in total. The molecule has 1 aromatic heterocycles. The number of carbonyl (C=O) groups is 4. The Morgan fingerprint density at radius 3 is 2.46 bits per heavy atom. The average molecular weight is 715 g/mol. The van der Waals surface area contributed by atoms with E-state index in [1.165, 1.54) is 6.42 Å². The highest BCUT2D eigenvalue weighted by Gasteiger charge is 2.70. The van der Waals surface area contributed by atoms with Gasteiger partial charge < -0.3 is 29.9 Å². The van der Waals surface area contributed by atoms with Gasteiger partial charge in [0, 0.05) is 75.9 Å². The maximum atomic E-state index is 14.7. The van der Waals surface area contributed by atoms with Crippen molar-refractivity contribution in [3.63, 3.8) is 0 Å². The molecule has 3 unspecified atom stereocenters. The number of benzene rings is 1. The van der Waals surface area contributed by atoms with Crippen molar-refractivity contribution >= 4 is 23.6 Å². The van der Waals surface area contributed by atoms with Crippen LogP contribution < -0.4 is 5.32 Å². The molecule has 12 heteroatoms. The van der Waals surface area contributed by atoms with E-state index in [0.717, 1.165) is 44.1 Å². The largest absolute Gasteiger partial charge is 0.396 e. The smallest absolute Gasteiger partial charge is 0.257 e. The first-order valence-corrected chi connectivity index (χ1v) is 19.5. The second-order valence-electron chi connectivity index (χ2n) is 17.3. The maximum Gasteiger partial charge on any atom is 0.257 e. The van der Waals surface area contributed by atoms with Crippen LogP contribution in [0, 0.1) is 40.4 Å². The van der Waals surface area contributed by atoms with Crippen molar-refractivity contribution < 1.29 is 29.0 Å². The van der Waals surface area contributed by atoms with Gasteiger partial charge in [-0.15, -0.1) is 0 Å². The molecule has 7 aliphatic rings. The monoisotopic (exact) mass is 714 g/mol. The van der Waals surface area contributed by atoms with Crippen molar-refractivity contribution in [3.8, 4) is 0 Å². The summed E-state index contributed by atoms with van der Waals surface area (Å²) < 4.78 is 8.57. The minimum Gasteiger partial charge on any atom is -0.396 e. The molecular formula is C40H54N6O6. The number of likely N-dealkylation sites (tertiary alicyclic amines) is 2. The van der Waals surface area contributed by atoms with Gasteiger partial charge in [0.05, 0.1) is 30.3 Å². The molecule has 1 spiro atoms. The average Bonchev–Trinajstić information content (AvgIpc) is 3.46. The van der Waals surface area contributed by atoms with E-state index in [-0.39, 0.29) is 54.5 Å². The number of nitrogens with zero attached hydrogens (tertiary/aromatic N) is 5. The fourth-order valence-corrected chi connectivity index (χ4v) is 10.3. The molecule has 9 rings (SSSR count). The highest BCUT2D eigenvalue weighted by Crippen LogP contribution is 2.63. The van der Waals surface area contributed by atoms with Crippen molar-refractivity contribution in [1.29, 1.82) is 0 Å². The zero-order chi connectivity index (χ0) is 36.2. The van der Waals surface area contributed by atoms with Gasteiger partial charge in [-0.05, 0) is 48.5 Å². The standard InChI is InChI=1S/C40H54N6O6/c1-39(2)31-32(39)37(50)45-24-40(25-45)23-44(36(49)29-16-41-46(19-29)18-26-10-5-3-6-11-26)20-30(40)35(48)42-33(34(31)52-22-27-12-7-4-8-13-27)38(51)43-15-9-14-28(17-43)21-47/h3,5-6,10-11,16,19,27-28,30-34,47H,4,7-9,12-15,17-18,20-25H2,1-2H3,(H,42,48)/t28?,30?,31?,32-,33+,34-/m1/s1. The Labute approximate surface area is 306 Å². The minimum absolute atomic E-state index is 0.00406. The van der Waals surface area contributed by atoms with E-state index in [9.17, 15) is 24.3 Å². The van der Waals surface area contributed by atoms with Crippen LogP contribution in [-0.4, -0.2) is 118 Å². The number of piperidine rings is 1. The second-order valence-corrected chi connectivity index (χ2v) is 17.3. The van der Waals surface area contributed by atoms with E-state index in [2.05, 4.69) is 24.3 Å². The van der Waals surface area contributed by atoms with Gasteiger partial charge >= 0.3 is 0 Å². The first-order chi connectivity index (χ1) is 25.1. The highest BCUT2D eigenvalue weighted by molar-refractivity contribution is 5.96. The molecule has 4 amide bonds. The highest BCUT2D eigenvalue weighted by atomic mass is 16.5. The summed E-state index contributed by atoms with van der Waals surface area (Å²) in [4.78, 5) is 63.0. The lowest BCUT2D eigenvalue weighted by molar-refractivity contribution is -0.152. The molecule has 6 heterocycles. The van der Waals surface area contributed by atoms with Crippen LogP contribution in [0.5, 0.6) is 0 Å². The summed E-state index contributed by atoms with van der Waals surface area (Å²) in [6.07, 6.45) is 9.98. The van der Waals surface area contributed by atoms with E-state index in [0.29, 0.717) is 57.4 Å². The molecule has 2 saturated carbocycles. The topological polar surface area (TPSA) is 137 Å². The Morgan fingerprint density at radius 2 is 1.71 bits per heavy atom. The minimum atomic E-state index is -0.973. The molecule has 12 nitrogen and oxygen atoms in total. The molecular weight excluding hydrogens is 660 g/mol. The zero-order valence-electron chi connectivity index (χ0n) is 30.6. The third kappa shape index (κ3) is 6.44. The van der Waals surface area contributed by atoms with Crippen LogP contribution >= 0.6 is 0 Å². The molecule has 7 fully saturated rings. The predicted octanol–water partition coefficient (Wildman–Crippen LogP) is 2.80. The van der Waals surface area contributed by atoms with Crippen LogP contribution in [0.25, 0.3) is 0 Å². The Morgan fingerprint density at radius 1 is 0.962 bits per heavy atom. The van der Waals surface area contributed by atoms with Crippen LogP contribution in [0.1, 0.15) is 74.7 Å². The van der Waals surface area contributed by atoms with E-state index in [1.807, 2.05) is 35.2 Å². The van der Waals surface area contributed by atoms with E-state index < -0.39 is 28.9 Å². The number of carbonyl (C=O) groups excluding carboxylic acids is 4. The molecule has 1 aromatic carbocycles. The van der Waals surface area contributed by atoms with Crippen LogP contribution in [0.3, 0.4) is 0 Å². The molecule has 52 heavy (non-hydrogen) atoms. The Kier molecular flexibility index (Phi) is 9.42. The van der Waals surface area contributed by atoms with Crippen molar-refractivity contribution in [2.45, 2.75) is 77.5 Å². The molecule has 2 aromatic rings. The van der Waals surface area contributed by atoms with Crippen LogP contribution in [0.15, 0.2) is 42.7 Å². The van der Waals surface area contributed by atoms with Gasteiger partial charge in [-0.2, -0.15) is 5.10 Å². The summed E-state index contributed by atoms with van der Waals surface area (Å²) in [5.41, 5.74) is 0.514. The number of aromatic nitrogens is 2. The number of hydrogen-bond donors (Lipinski definition) is 2. The van der Waals surface area contributed by atoms with E-state index in [1.54, 1.807) is 26.9 Å². The van der Waals surface area contributed by atoms with E-state index in [4.69, 9.17) is 4.74 Å². The summed E-state index contributed by atoms with van der Waals surface area (Å²) in [5, 5.41) is 17.7. The lowest BCUT2D eigenvalue weighted by Crippen LogP contribution is -2.65. The summed E-state index contributed by atoms with van der Waals surface area (Å²) >= 11 is 0. The third-order valence-electron chi connectivity index (χ3n) is 13.4. The second kappa shape index (κ2) is 13.9. The zero-order valence-corrected chi connectivity index (χ0v) is 30.6. The van der Waals surface area contributed by atoms with Gasteiger partial charge in [-0.1, -0.05) is 63.4 Å². The fraction of sp³-hybridized carbons (Fsp3) is 0.675. The number of amides is 4. The number of ether oxygens (including phenoxy) is 1. The van der Waals surface area contributed by atoms with Crippen molar-refractivity contribution in [3.05, 3.63) is 53.9 Å². The first-order valence-electron chi connectivity index (χ1n) is 19.5. The van der Waals surface area contributed by atoms with Gasteiger partial charge in [-0.25, -0.2) is 0 Å². The van der Waals surface area contributed by atoms with Crippen molar-refractivity contribution in [2.24, 2.45) is 40.4 Å². The number of nitrogens with one attached hydrogen (secondary N) is 1. The van der Waals surface area contributed by atoms with Gasteiger partial charge in [0.1, 0.15) is 6.04 Å². The molecule has 0 radical (unpaired) electrons. The van der Waals surface area contributed by atoms with Gasteiger partial charge in [0.2, 0.25) is 17.7 Å². The quantitative estimate of drug-likeness (QED) is 0.429. The summed E-state index contributed by atoms with van der Waals surface area (Å²) in [5.74, 6) is -1.39. The van der Waals surface area contributed by atoms with Crippen molar-refractivity contribution in [1.82, 2.24) is 29.8 Å². The lowest BCUT2D eigenvalue weighted by Gasteiger charge is -2.50. The normalized spacial score (nSPS) is 31.2. The van der Waals surface area contributed by atoms with Crippen LogP contribution in [0.4, 0.5) is 0 Å². The molecule has 2 aliphatic carbocycles. The van der Waals surface area contributed by atoms with E-state index >= 15 is 0 Å². The fourth-order valence-electron chi connectivity index (χ4n) is 10.3. The Bertz CT molecular complexity index is 1660. The predicted molar refractivity (Wildman–Crippen MR) is 192 cm³/mol. The van der Waals surface area contributed by atoms with Crippen LogP contribution in [-0.2, 0) is 25.7 Å². The SMILES string of the molecule is CC1(C)C2[C@@H](OCC3CCCCC3)[C@@H](C(=O)N3CCCC(CO)C3)NC(=O)C3CN(C(=O)c4cnn(Cc5ccccc5)c4)CC34CN(C4)C(=O)[C@@H]21. The summed E-state index contributed by atoms with van der Waals surface area (Å²) in [6, 6.07) is 8.95. The van der Waals surface area contributed by atoms with Crippen molar-refractivity contribution in [2.75, 3.05) is 52.5 Å². The number of aliphatic hydroxyl groups excluding tert-OH is 1.